The molecule has 0 heterocycles. The first-order valence-electron chi connectivity index (χ1n) is 14.0. The minimum Gasteiger partial charge on any atom is -0.417 e. The van der Waals surface area contributed by atoms with Crippen molar-refractivity contribution in [2.75, 3.05) is 6.61 Å². The van der Waals surface area contributed by atoms with Crippen LogP contribution in [0.3, 0.4) is 0 Å². The first kappa shape index (κ1) is 25.4. The van der Waals surface area contributed by atoms with E-state index < -0.39 is 8.32 Å². The van der Waals surface area contributed by atoms with Gasteiger partial charge >= 0.3 is 0 Å². The van der Waals surface area contributed by atoms with E-state index in [0.29, 0.717) is 23.4 Å². The molecule has 0 amide bonds. The van der Waals surface area contributed by atoms with Crippen molar-refractivity contribution in [1.82, 2.24) is 0 Å². The third-order valence-corrected chi connectivity index (χ3v) is 15.1. The zero-order valence-corrected chi connectivity index (χ0v) is 23.0. The highest BCUT2D eigenvalue weighted by Crippen LogP contribution is 2.62. The molecule has 4 rings (SSSR count). The SMILES string of the molecule is CC(C)(C)[Si](C)(C)OCCCCCC[C@]12CC[C@H]3[C@@H](CCC4=CC(=O)CC[C@@H]43)[C@@H]1CCC2=O. The molecule has 0 N–H and O–H groups in total. The number of carbonyl (C=O) groups is 2. The minimum absolute atomic E-state index is 0.00941. The van der Waals surface area contributed by atoms with Crippen LogP contribution in [0, 0.1) is 29.1 Å². The molecule has 3 nitrogen and oxygen atoms in total. The highest BCUT2D eigenvalue weighted by atomic mass is 28.4. The molecule has 0 aromatic carbocycles. The predicted octanol–water partition coefficient (Wildman–Crippen LogP) is 7.65. The topological polar surface area (TPSA) is 43.4 Å². The zero-order valence-electron chi connectivity index (χ0n) is 22.0. The summed E-state index contributed by atoms with van der Waals surface area (Å²) in [6.45, 7) is 12.5. The molecule has 0 aromatic rings. The lowest BCUT2D eigenvalue weighted by atomic mass is 9.51. The van der Waals surface area contributed by atoms with E-state index in [4.69, 9.17) is 4.43 Å². The van der Waals surface area contributed by atoms with Gasteiger partial charge in [0.2, 0.25) is 0 Å². The number of hydrogen-bond acceptors (Lipinski definition) is 3. The van der Waals surface area contributed by atoms with E-state index in [2.05, 4.69) is 33.9 Å². The number of hydrogen-bond donors (Lipinski definition) is 0. The lowest BCUT2D eigenvalue weighted by Gasteiger charge is -2.53. The molecule has 5 atom stereocenters. The Labute approximate surface area is 203 Å². The fraction of sp³-hybridized carbons (Fsp3) is 0.862. The van der Waals surface area contributed by atoms with Crippen molar-refractivity contribution in [2.24, 2.45) is 29.1 Å². The standard InChI is InChI=1S/C29H48O3Si/c1-28(2,3)33(4,5)32-19-9-7-6-8-17-29-18-16-24-23-13-11-22(30)20-21(23)10-12-25(24)26(29)14-15-27(29)31/h20,23-26H,6-19H2,1-5H3/t23-,24+,25+,26-,29-/m0/s1. The van der Waals surface area contributed by atoms with Gasteiger partial charge in [0.1, 0.15) is 5.78 Å². The summed E-state index contributed by atoms with van der Waals surface area (Å²) < 4.78 is 6.34. The molecule has 0 unspecified atom stereocenters. The van der Waals surface area contributed by atoms with Gasteiger partial charge in [0, 0.05) is 24.9 Å². The average Bonchev–Trinajstić information content (AvgIpc) is 3.08. The summed E-state index contributed by atoms with van der Waals surface area (Å²) in [7, 11) is -1.63. The summed E-state index contributed by atoms with van der Waals surface area (Å²) in [5.41, 5.74) is 1.44. The van der Waals surface area contributed by atoms with Crippen molar-refractivity contribution >= 4 is 19.9 Å². The Morgan fingerprint density at radius 1 is 0.939 bits per heavy atom. The fourth-order valence-electron chi connectivity index (χ4n) is 7.66. The maximum absolute atomic E-state index is 13.2. The number of unbranched alkanes of at least 4 members (excludes halogenated alkanes) is 3. The van der Waals surface area contributed by atoms with E-state index in [-0.39, 0.29) is 10.5 Å². The third-order valence-electron chi connectivity index (χ3n) is 10.5. The van der Waals surface area contributed by atoms with Crippen molar-refractivity contribution in [3.63, 3.8) is 0 Å². The van der Waals surface area contributed by atoms with E-state index in [0.717, 1.165) is 69.8 Å². The van der Waals surface area contributed by atoms with Crippen LogP contribution in [0.2, 0.25) is 18.1 Å². The van der Waals surface area contributed by atoms with Crippen LogP contribution in [0.4, 0.5) is 0 Å². The number of fused-ring (bicyclic) bond motifs is 5. The van der Waals surface area contributed by atoms with Crippen molar-refractivity contribution in [1.29, 1.82) is 0 Å². The zero-order chi connectivity index (χ0) is 23.9. The molecule has 0 saturated heterocycles. The summed E-state index contributed by atoms with van der Waals surface area (Å²) in [4.78, 5) is 25.2. The van der Waals surface area contributed by atoms with E-state index in [1.54, 1.807) is 0 Å². The van der Waals surface area contributed by atoms with Gasteiger partial charge in [-0.25, -0.2) is 0 Å². The van der Waals surface area contributed by atoms with E-state index in [9.17, 15) is 9.59 Å². The number of allylic oxidation sites excluding steroid dienone is 1. The molecule has 0 bridgehead atoms. The monoisotopic (exact) mass is 472 g/mol. The lowest BCUT2D eigenvalue weighted by molar-refractivity contribution is -0.133. The van der Waals surface area contributed by atoms with Gasteiger partial charge in [-0.15, -0.1) is 0 Å². The van der Waals surface area contributed by atoms with Crippen LogP contribution in [0.25, 0.3) is 0 Å². The molecular formula is C29H48O3Si. The number of Topliss-reactive ketones (excluding diaryl/α,β-unsaturated/α-hetero) is 1. The number of ketones is 2. The second-order valence-corrected chi connectivity index (χ2v) is 18.0. The molecule has 0 radical (unpaired) electrons. The first-order chi connectivity index (χ1) is 15.6. The molecule has 0 aromatic heterocycles. The molecule has 4 heteroatoms. The quantitative estimate of drug-likeness (QED) is 0.269. The summed E-state index contributed by atoms with van der Waals surface area (Å²) >= 11 is 0. The van der Waals surface area contributed by atoms with Gasteiger partial charge in [0.05, 0.1) is 0 Å². The van der Waals surface area contributed by atoms with Gasteiger partial charge in [-0.05, 0) is 99.2 Å². The molecule has 33 heavy (non-hydrogen) atoms. The summed E-state index contributed by atoms with van der Waals surface area (Å²) in [5, 5.41) is 0.283. The number of rotatable bonds is 8. The van der Waals surface area contributed by atoms with E-state index in [1.165, 1.54) is 37.7 Å². The maximum atomic E-state index is 13.2. The highest BCUT2D eigenvalue weighted by molar-refractivity contribution is 6.74. The molecular weight excluding hydrogens is 424 g/mol. The molecule has 4 aliphatic carbocycles. The molecule has 4 aliphatic rings. The molecule has 3 fully saturated rings. The Morgan fingerprint density at radius 2 is 1.70 bits per heavy atom. The maximum Gasteiger partial charge on any atom is 0.191 e. The summed E-state index contributed by atoms with van der Waals surface area (Å²) in [5.74, 6) is 3.64. The van der Waals surface area contributed by atoms with Gasteiger partial charge in [0.25, 0.3) is 0 Å². The van der Waals surface area contributed by atoms with Crippen molar-refractivity contribution in [3.05, 3.63) is 11.6 Å². The van der Waals surface area contributed by atoms with Gasteiger partial charge in [-0.2, -0.15) is 0 Å². The van der Waals surface area contributed by atoms with E-state index >= 15 is 0 Å². The van der Waals surface area contributed by atoms with Crippen LogP contribution in [-0.4, -0.2) is 26.5 Å². The van der Waals surface area contributed by atoms with Crippen LogP contribution in [0.15, 0.2) is 11.6 Å². The summed E-state index contributed by atoms with van der Waals surface area (Å²) in [6, 6.07) is 0. The van der Waals surface area contributed by atoms with Crippen molar-refractivity contribution in [2.45, 2.75) is 122 Å². The van der Waals surface area contributed by atoms with Crippen LogP contribution in [0.1, 0.15) is 104 Å². The van der Waals surface area contributed by atoms with Crippen LogP contribution >= 0.6 is 0 Å². The Bertz CT molecular complexity index is 776. The van der Waals surface area contributed by atoms with Crippen molar-refractivity contribution in [3.8, 4) is 0 Å². The van der Waals surface area contributed by atoms with Gasteiger partial charge in [0.15, 0.2) is 14.1 Å². The lowest BCUT2D eigenvalue weighted by Crippen LogP contribution is -2.47. The average molecular weight is 473 g/mol. The highest BCUT2D eigenvalue weighted by Gasteiger charge is 2.57. The normalized spacial score (nSPS) is 34.5. The second-order valence-electron chi connectivity index (χ2n) is 13.2. The Kier molecular flexibility index (Phi) is 7.47. The Morgan fingerprint density at radius 3 is 2.45 bits per heavy atom. The first-order valence-corrected chi connectivity index (χ1v) is 16.9. The smallest absolute Gasteiger partial charge is 0.191 e. The van der Waals surface area contributed by atoms with Crippen molar-refractivity contribution < 1.29 is 14.0 Å². The minimum atomic E-state index is -1.63. The summed E-state index contributed by atoms with van der Waals surface area (Å²) in [6.07, 6.45) is 16.3. The Hall–Kier alpha value is -0.743. The third kappa shape index (κ3) is 4.99. The fourth-order valence-corrected chi connectivity index (χ4v) is 8.75. The molecule has 186 valence electrons. The van der Waals surface area contributed by atoms with Gasteiger partial charge in [-0.1, -0.05) is 45.6 Å². The molecule has 3 saturated carbocycles. The molecule has 0 spiro atoms. The van der Waals surface area contributed by atoms with Gasteiger partial charge < -0.3 is 4.43 Å². The predicted molar refractivity (Wildman–Crippen MR) is 138 cm³/mol. The van der Waals surface area contributed by atoms with Crippen LogP contribution in [-0.2, 0) is 14.0 Å². The second kappa shape index (κ2) is 9.72. The molecule has 0 aliphatic heterocycles. The van der Waals surface area contributed by atoms with Crippen LogP contribution in [0.5, 0.6) is 0 Å². The van der Waals surface area contributed by atoms with Gasteiger partial charge in [-0.3, -0.25) is 9.59 Å². The van der Waals surface area contributed by atoms with Crippen LogP contribution < -0.4 is 0 Å². The Balaban J connectivity index is 1.28. The largest absolute Gasteiger partial charge is 0.417 e. The number of carbonyl (C=O) groups excluding carboxylic acids is 2. The van der Waals surface area contributed by atoms with E-state index in [1.807, 2.05) is 6.08 Å².